The Hall–Kier alpha value is -6.51. The first-order valence-electron chi connectivity index (χ1n) is 21.8. The number of oxime groups is 1. The molecule has 67 heavy (non-hydrogen) atoms. The summed E-state index contributed by atoms with van der Waals surface area (Å²) in [5.74, 6) is 0.680. The van der Waals surface area contributed by atoms with Gasteiger partial charge in [0.2, 0.25) is 17.7 Å². The number of nitrogens with zero attached hydrogens (tertiary/aromatic N) is 6. The third-order valence-electron chi connectivity index (χ3n) is 11.3. The lowest BCUT2D eigenvalue weighted by molar-refractivity contribution is -0.136. The standard InChI is InChI=1S/C47H50ClN9O9S/c1-27-28(2)67-47-41(27)42(30-5-7-31(48)8-6-30)51-37(44-54-53-29(3)56(44)47)26-40(59)50-32-9-12-34(13-10-32)66-24-23-65-22-21-64-20-19-63-18-17-49-33-11-14-35-36(25-33)46(61)57(43(35)55-62-4)38-15-16-39(58)52-45(38)60/h5-14,25,37-38,49H,15-24,26H2,1-4H3,(H,50,59)(H,52,58,60)/b55-43+/t37-,38?/m0/s1. The Morgan fingerprint density at radius 3 is 2.30 bits per heavy atom. The van der Waals surface area contributed by atoms with Crippen LogP contribution in [0.1, 0.15) is 74.4 Å². The summed E-state index contributed by atoms with van der Waals surface area (Å²) in [6.07, 6.45) is 0.378. The Balaban J connectivity index is 0.711. The highest BCUT2D eigenvalue weighted by Crippen LogP contribution is 2.40. The fourth-order valence-electron chi connectivity index (χ4n) is 7.96. The van der Waals surface area contributed by atoms with Crippen LogP contribution in [0.3, 0.4) is 0 Å². The number of benzene rings is 3. The molecule has 5 heterocycles. The molecule has 2 atom stereocenters. The van der Waals surface area contributed by atoms with E-state index in [9.17, 15) is 19.2 Å². The summed E-state index contributed by atoms with van der Waals surface area (Å²) in [4.78, 5) is 63.8. The van der Waals surface area contributed by atoms with E-state index in [1.807, 2.05) is 41.8 Å². The molecule has 5 aromatic rings. The van der Waals surface area contributed by atoms with Gasteiger partial charge >= 0.3 is 0 Å². The van der Waals surface area contributed by atoms with Crippen molar-refractivity contribution in [3.63, 3.8) is 0 Å². The normalized spacial score (nSPS) is 17.1. The molecule has 0 aliphatic carbocycles. The zero-order valence-electron chi connectivity index (χ0n) is 37.4. The maximum Gasteiger partial charge on any atom is 0.261 e. The van der Waals surface area contributed by atoms with E-state index in [4.69, 9.17) is 40.4 Å². The quantitative estimate of drug-likeness (QED) is 0.0471. The monoisotopic (exact) mass is 951 g/mol. The largest absolute Gasteiger partial charge is 0.491 e. The number of amides is 4. The van der Waals surface area contributed by atoms with E-state index in [0.717, 1.165) is 33.2 Å². The molecule has 0 spiro atoms. The first-order chi connectivity index (χ1) is 32.5. The van der Waals surface area contributed by atoms with Crippen molar-refractivity contribution in [2.24, 2.45) is 10.1 Å². The maximum absolute atomic E-state index is 13.5. The number of hydrogen-bond acceptors (Lipinski definition) is 15. The van der Waals surface area contributed by atoms with E-state index in [1.165, 1.54) is 16.9 Å². The van der Waals surface area contributed by atoms with Crippen LogP contribution >= 0.6 is 22.9 Å². The van der Waals surface area contributed by atoms with Crippen LogP contribution in [-0.2, 0) is 33.4 Å². The molecule has 0 bridgehead atoms. The van der Waals surface area contributed by atoms with E-state index >= 15 is 0 Å². The van der Waals surface area contributed by atoms with Crippen molar-refractivity contribution in [1.82, 2.24) is 25.0 Å². The van der Waals surface area contributed by atoms with Crippen molar-refractivity contribution in [2.75, 3.05) is 70.5 Å². The number of aryl methyl sites for hydroxylation is 2. The average molecular weight is 952 g/mol. The average Bonchev–Trinajstić information content (AvgIpc) is 3.90. The van der Waals surface area contributed by atoms with Gasteiger partial charge in [-0.15, -0.1) is 21.5 Å². The van der Waals surface area contributed by atoms with Crippen molar-refractivity contribution in [1.29, 1.82) is 0 Å². The molecular weight excluding hydrogens is 902 g/mol. The van der Waals surface area contributed by atoms with Gasteiger partial charge in [-0.2, -0.15) is 0 Å². The number of hydrogen-bond donors (Lipinski definition) is 3. The molecule has 8 rings (SSSR count). The molecule has 4 amide bonds. The molecule has 20 heteroatoms. The van der Waals surface area contributed by atoms with Gasteiger partial charge in [-0.25, -0.2) is 0 Å². The van der Waals surface area contributed by atoms with Crippen LogP contribution in [0.2, 0.25) is 5.02 Å². The van der Waals surface area contributed by atoms with Gasteiger partial charge in [-0.3, -0.25) is 39.0 Å². The third kappa shape index (κ3) is 10.7. The molecule has 3 aliphatic rings. The van der Waals surface area contributed by atoms with Gasteiger partial charge in [-0.05, 0) is 87.4 Å². The number of thiophene rings is 1. The third-order valence-corrected chi connectivity index (χ3v) is 12.8. The maximum atomic E-state index is 13.5. The van der Waals surface area contributed by atoms with Crippen LogP contribution in [0.15, 0.2) is 76.9 Å². The Labute approximate surface area is 395 Å². The fraction of sp³-hybridized carbons (Fsp3) is 0.362. The van der Waals surface area contributed by atoms with Crippen LogP contribution < -0.4 is 20.7 Å². The zero-order valence-corrected chi connectivity index (χ0v) is 39.0. The Morgan fingerprint density at radius 2 is 1.58 bits per heavy atom. The number of piperidine rings is 1. The highest BCUT2D eigenvalue weighted by Gasteiger charge is 2.44. The Bertz CT molecular complexity index is 2700. The number of ether oxygens (including phenoxy) is 4. The summed E-state index contributed by atoms with van der Waals surface area (Å²) in [7, 11) is 1.37. The van der Waals surface area contributed by atoms with Crippen molar-refractivity contribution in [2.45, 2.75) is 52.1 Å². The second-order valence-corrected chi connectivity index (χ2v) is 17.4. The summed E-state index contributed by atoms with van der Waals surface area (Å²) in [5, 5.41) is 23.0. The number of carbonyl (C=O) groups excluding carboxylic acids is 4. The number of aromatic nitrogens is 3. The highest BCUT2D eigenvalue weighted by atomic mass is 35.5. The molecule has 0 saturated carbocycles. The van der Waals surface area contributed by atoms with Crippen LogP contribution in [0.4, 0.5) is 11.4 Å². The SMILES string of the molecule is CO/N=C1\c2ccc(NCCOCCOCCOCCOc3ccc(NC(=O)C[C@@H]4N=C(c5ccc(Cl)cc5)c5c(sc(C)c5C)-n5c(C)nnc54)cc3)cc2C(=O)N1C1CCC(=O)NC1=O. The van der Waals surface area contributed by atoms with Crippen LogP contribution in [0, 0.1) is 20.8 Å². The summed E-state index contributed by atoms with van der Waals surface area (Å²) in [5.41, 5.74) is 6.05. The number of aliphatic imine (C=N–C) groups is 1. The minimum atomic E-state index is -0.863. The number of imide groups is 1. The molecule has 1 saturated heterocycles. The number of halogens is 1. The molecule has 18 nitrogen and oxygen atoms in total. The summed E-state index contributed by atoms with van der Waals surface area (Å²) >= 11 is 7.90. The van der Waals surface area contributed by atoms with E-state index in [2.05, 4.69) is 45.2 Å². The predicted molar refractivity (Wildman–Crippen MR) is 252 cm³/mol. The molecule has 3 aromatic carbocycles. The molecule has 3 N–H and O–H groups in total. The summed E-state index contributed by atoms with van der Waals surface area (Å²) < 4.78 is 24.8. The number of rotatable bonds is 20. The van der Waals surface area contributed by atoms with Gasteiger partial charge in [0.1, 0.15) is 42.4 Å². The van der Waals surface area contributed by atoms with Gasteiger partial charge in [0.25, 0.3) is 5.91 Å². The molecule has 1 fully saturated rings. The van der Waals surface area contributed by atoms with Crippen molar-refractivity contribution in [3.8, 4) is 10.8 Å². The summed E-state index contributed by atoms with van der Waals surface area (Å²) in [6, 6.07) is 18.5. The number of anilines is 2. The minimum Gasteiger partial charge on any atom is -0.491 e. The lowest BCUT2D eigenvalue weighted by Gasteiger charge is -2.29. The van der Waals surface area contributed by atoms with E-state index in [0.29, 0.717) is 91.9 Å². The lowest BCUT2D eigenvalue weighted by atomic mass is 9.99. The molecule has 1 unspecified atom stereocenters. The predicted octanol–water partition coefficient (Wildman–Crippen LogP) is 5.94. The first kappa shape index (κ1) is 47.0. The molecular formula is C47H50ClN9O9S. The van der Waals surface area contributed by atoms with Crippen molar-refractivity contribution in [3.05, 3.63) is 116 Å². The minimum absolute atomic E-state index is 0.0550. The van der Waals surface area contributed by atoms with Gasteiger partial charge in [-0.1, -0.05) is 28.9 Å². The Kier molecular flexibility index (Phi) is 15.0. The summed E-state index contributed by atoms with van der Waals surface area (Å²) in [6.45, 7) is 9.23. The Morgan fingerprint density at radius 1 is 0.881 bits per heavy atom. The van der Waals surface area contributed by atoms with Crippen LogP contribution in [-0.4, -0.2) is 121 Å². The smallest absolute Gasteiger partial charge is 0.261 e. The first-order valence-corrected chi connectivity index (χ1v) is 23.0. The van der Waals surface area contributed by atoms with Gasteiger partial charge in [0.05, 0.1) is 57.3 Å². The molecule has 2 aromatic heterocycles. The lowest BCUT2D eigenvalue weighted by Crippen LogP contribution is -2.54. The molecule has 0 radical (unpaired) electrons. The van der Waals surface area contributed by atoms with E-state index < -0.39 is 23.9 Å². The molecule has 3 aliphatic heterocycles. The van der Waals surface area contributed by atoms with Crippen molar-refractivity contribution >= 4 is 69.5 Å². The van der Waals surface area contributed by atoms with Gasteiger partial charge < -0.3 is 34.4 Å². The zero-order chi connectivity index (χ0) is 47.0. The van der Waals surface area contributed by atoms with Crippen LogP contribution in [0.5, 0.6) is 5.75 Å². The highest BCUT2D eigenvalue weighted by molar-refractivity contribution is 7.15. The number of amidine groups is 1. The number of fused-ring (bicyclic) bond motifs is 4. The molecule has 350 valence electrons. The van der Waals surface area contributed by atoms with Crippen molar-refractivity contribution < 1.29 is 43.0 Å². The van der Waals surface area contributed by atoms with Gasteiger partial charge in [0, 0.05) is 50.9 Å². The van der Waals surface area contributed by atoms with E-state index in [-0.39, 0.29) is 36.9 Å². The second-order valence-electron chi connectivity index (χ2n) is 15.8. The topological polar surface area (TPSA) is 209 Å². The second kappa shape index (κ2) is 21.4. The number of nitrogens with one attached hydrogen (secondary N) is 3. The number of carbonyl (C=O) groups is 4. The fourth-order valence-corrected chi connectivity index (χ4v) is 9.30. The van der Waals surface area contributed by atoms with E-state index in [1.54, 1.807) is 47.7 Å². The van der Waals surface area contributed by atoms with Crippen LogP contribution in [0.25, 0.3) is 5.00 Å². The van der Waals surface area contributed by atoms with Gasteiger partial charge in [0.15, 0.2) is 11.7 Å².